The van der Waals surface area contributed by atoms with E-state index in [0.717, 1.165) is 25.7 Å². The third kappa shape index (κ3) is 4.10. The number of carbonyl (C=O) groups excluding carboxylic acids is 1. The lowest BCUT2D eigenvalue weighted by Gasteiger charge is -2.28. The molecule has 0 aliphatic heterocycles. The Bertz CT molecular complexity index is 212. The second-order valence-electron chi connectivity index (χ2n) is 4.77. The van der Waals surface area contributed by atoms with E-state index in [1.165, 1.54) is 0 Å². The highest BCUT2D eigenvalue weighted by Crippen LogP contribution is 2.23. The van der Waals surface area contributed by atoms with Crippen molar-refractivity contribution >= 4 is 5.91 Å². The number of methoxy groups -OCH3 is 1. The van der Waals surface area contributed by atoms with Gasteiger partial charge in [0.1, 0.15) is 0 Å². The van der Waals surface area contributed by atoms with Crippen LogP contribution in [0.5, 0.6) is 0 Å². The Morgan fingerprint density at radius 1 is 1.44 bits per heavy atom. The maximum absolute atomic E-state index is 11.7. The van der Waals surface area contributed by atoms with E-state index in [1.807, 2.05) is 6.92 Å². The van der Waals surface area contributed by atoms with Gasteiger partial charge in [0.25, 0.3) is 0 Å². The van der Waals surface area contributed by atoms with Gasteiger partial charge in [0.05, 0.1) is 12.5 Å². The van der Waals surface area contributed by atoms with Gasteiger partial charge in [-0.2, -0.15) is 0 Å². The Hall–Kier alpha value is -0.610. The molecule has 1 unspecified atom stereocenters. The summed E-state index contributed by atoms with van der Waals surface area (Å²) in [6.45, 7) is 2.62. The summed E-state index contributed by atoms with van der Waals surface area (Å²) in [6, 6.07) is 0.287. The summed E-state index contributed by atoms with van der Waals surface area (Å²) < 4.78 is 4.95. The van der Waals surface area contributed by atoms with Crippen LogP contribution in [0.25, 0.3) is 0 Å². The fourth-order valence-corrected chi connectivity index (χ4v) is 2.16. The predicted molar refractivity (Wildman–Crippen MR) is 62.0 cm³/mol. The highest BCUT2D eigenvalue weighted by atomic mass is 16.5. The van der Waals surface area contributed by atoms with Crippen molar-refractivity contribution in [1.82, 2.24) is 5.32 Å². The van der Waals surface area contributed by atoms with Gasteiger partial charge in [-0.25, -0.2) is 0 Å². The Kier molecular flexibility index (Phi) is 5.77. The number of nitrogens with one attached hydrogen (secondary N) is 1. The van der Waals surface area contributed by atoms with Crippen molar-refractivity contribution in [3.63, 3.8) is 0 Å². The molecule has 0 aromatic rings. The Labute approximate surface area is 97.4 Å². The predicted octanol–water partition coefficient (Wildman–Crippen LogP) is 0.936. The number of rotatable bonds is 5. The van der Waals surface area contributed by atoms with Gasteiger partial charge in [0.15, 0.2) is 0 Å². The topological polar surface area (TPSA) is 58.6 Å². The first kappa shape index (κ1) is 13.5. The molecule has 1 aliphatic rings. The fourth-order valence-electron chi connectivity index (χ4n) is 2.16. The van der Waals surface area contributed by atoms with Gasteiger partial charge >= 0.3 is 0 Å². The first-order valence-electron chi connectivity index (χ1n) is 6.07. The molecule has 4 nitrogen and oxygen atoms in total. The van der Waals surface area contributed by atoms with Gasteiger partial charge < -0.3 is 15.2 Å². The number of aliphatic hydroxyl groups excluding tert-OH is 1. The molecule has 0 heterocycles. The molecule has 1 aliphatic carbocycles. The highest BCUT2D eigenvalue weighted by molar-refractivity contribution is 5.78. The smallest absolute Gasteiger partial charge is 0.225 e. The Morgan fingerprint density at radius 2 is 2.06 bits per heavy atom. The zero-order chi connectivity index (χ0) is 12.0. The molecule has 1 fully saturated rings. The molecule has 1 amide bonds. The first-order chi connectivity index (χ1) is 7.67. The van der Waals surface area contributed by atoms with Crippen LogP contribution in [0.4, 0.5) is 0 Å². The van der Waals surface area contributed by atoms with E-state index < -0.39 is 0 Å². The van der Waals surface area contributed by atoms with Crippen molar-refractivity contribution in [3.05, 3.63) is 0 Å². The summed E-state index contributed by atoms with van der Waals surface area (Å²) in [5.41, 5.74) is 0. The number of aliphatic hydroxyl groups is 1. The highest BCUT2D eigenvalue weighted by Gasteiger charge is 2.23. The standard InChI is InChI=1S/C12H23NO3/c1-9(8-16-2)12(15)13-11-5-3-10(7-14)4-6-11/h9-11,14H,3-8H2,1-2H3,(H,13,15). The van der Waals surface area contributed by atoms with Gasteiger partial charge in [0.2, 0.25) is 5.91 Å². The number of carbonyl (C=O) groups is 1. The van der Waals surface area contributed by atoms with Crippen molar-refractivity contribution in [2.45, 2.75) is 38.6 Å². The fraction of sp³-hybridized carbons (Fsp3) is 0.917. The zero-order valence-electron chi connectivity index (χ0n) is 10.2. The molecular weight excluding hydrogens is 206 g/mol. The third-order valence-corrected chi connectivity index (χ3v) is 3.32. The lowest BCUT2D eigenvalue weighted by molar-refractivity contribution is -0.127. The van der Waals surface area contributed by atoms with Crippen molar-refractivity contribution in [3.8, 4) is 0 Å². The van der Waals surface area contributed by atoms with Crippen molar-refractivity contribution in [2.24, 2.45) is 11.8 Å². The van der Waals surface area contributed by atoms with Crippen LogP contribution in [-0.4, -0.2) is 37.4 Å². The van der Waals surface area contributed by atoms with E-state index in [9.17, 15) is 4.79 Å². The van der Waals surface area contributed by atoms with Crippen molar-refractivity contribution in [1.29, 1.82) is 0 Å². The Balaban J connectivity index is 2.25. The summed E-state index contributed by atoms with van der Waals surface area (Å²) in [6.07, 6.45) is 3.99. The van der Waals surface area contributed by atoms with E-state index in [-0.39, 0.29) is 24.5 Å². The lowest BCUT2D eigenvalue weighted by atomic mass is 9.86. The van der Waals surface area contributed by atoms with Crippen LogP contribution in [0.2, 0.25) is 0 Å². The minimum absolute atomic E-state index is 0.0781. The monoisotopic (exact) mass is 229 g/mol. The molecule has 0 aromatic carbocycles. The molecule has 0 saturated heterocycles. The number of hydrogen-bond donors (Lipinski definition) is 2. The second kappa shape index (κ2) is 6.86. The summed E-state index contributed by atoms with van der Waals surface area (Å²) in [4.78, 5) is 11.7. The minimum atomic E-state index is -0.0828. The van der Waals surface area contributed by atoms with E-state index in [4.69, 9.17) is 9.84 Å². The quantitative estimate of drug-likeness (QED) is 0.737. The molecule has 94 valence electrons. The van der Waals surface area contributed by atoms with Crippen LogP contribution < -0.4 is 5.32 Å². The van der Waals surface area contributed by atoms with E-state index in [0.29, 0.717) is 12.5 Å². The summed E-state index contributed by atoms with van der Waals surface area (Å²) in [5.74, 6) is 0.430. The normalized spacial score (nSPS) is 27.4. The van der Waals surface area contributed by atoms with E-state index in [1.54, 1.807) is 7.11 Å². The van der Waals surface area contributed by atoms with Crippen LogP contribution in [0, 0.1) is 11.8 Å². The number of amides is 1. The zero-order valence-corrected chi connectivity index (χ0v) is 10.2. The minimum Gasteiger partial charge on any atom is -0.396 e. The molecule has 1 rings (SSSR count). The second-order valence-corrected chi connectivity index (χ2v) is 4.77. The molecule has 4 heteroatoms. The average molecular weight is 229 g/mol. The van der Waals surface area contributed by atoms with Crippen molar-refractivity contribution in [2.75, 3.05) is 20.3 Å². The average Bonchev–Trinajstić information content (AvgIpc) is 2.30. The first-order valence-corrected chi connectivity index (χ1v) is 6.07. The SMILES string of the molecule is COCC(C)C(=O)NC1CCC(CO)CC1. The summed E-state index contributed by atoms with van der Waals surface area (Å²) >= 11 is 0. The van der Waals surface area contributed by atoms with Crippen LogP contribution in [0.3, 0.4) is 0 Å². The molecule has 0 aromatic heterocycles. The molecular formula is C12H23NO3. The summed E-state index contributed by atoms with van der Waals surface area (Å²) in [7, 11) is 1.61. The largest absolute Gasteiger partial charge is 0.396 e. The van der Waals surface area contributed by atoms with Crippen molar-refractivity contribution < 1.29 is 14.6 Å². The van der Waals surface area contributed by atoms with Gasteiger partial charge in [-0.15, -0.1) is 0 Å². The van der Waals surface area contributed by atoms with Gasteiger partial charge in [-0.1, -0.05) is 6.92 Å². The molecule has 16 heavy (non-hydrogen) atoms. The molecule has 2 N–H and O–H groups in total. The van der Waals surface area contributed by atoms with E-state index in [2.05, 4.69) is 5.32 Å². The van der Waals surface area contributed by atoms with Gasteiger partial charge in [0, 0.05) is 19.8 Å². The Morgan fingerprint density at radius 3 is 2.56 bits per heavy atom. The molecule has 0 radical (unpaired) electrons. The molecule has 0 spiro atoms. The lowest BCUT2D eigenvalue weighted by Crippen LogP contribution is -2.41. The van der Waals surface area contributed by atoms with E-state index >= 15 is 0 Å². The molecule has 0 bridgehead atoms. The maximum Gasteiger partial charge on any atom is 0.225 e. The summed E-state index contributed by atoms with van der Waals surface area (Å²) in [5, 5.41) is 12.1. The van der Waals surface area contributed by atoms with Crippen LogP contribution in [-0.2, 0) is 9.53 Å². The number of hydrogen-bond acceptors (Lipinski definition) is 3. The van der Waals surface area contributed by atoms with Crippen LogP contribution in [0.1, 0.15) is 32.6 Å². The number of ether oxygens (including phenoxy) is 1. The molecule has 1 saturated carbocycles. The maximum atomic E-state index is 11.7. The van der Waals surface area contributed by atoms with Crippen LogP contribution >= 0.6 is 0 Å². The van der Waals surface area contributed by atoms with Crippen LogP contribution in [0.15, 0.2) is 0 Å². The van der Waals surface area contributed by atoms with Gasteiger partial charge in [-0.05, 0) is 31.6 Å². The third-order valence-electron chi connectivity index (χ3n) is 3.32. The molecule has 1 atom stereocenters. The van der Waals surface area contributed by atoms with Gasteiger partial charge in [-0.3, -0.25) is 4.79 Å².